The highest BCUT2D eigenvalue weighted by Crippen LogP contribution is 2.51. The monoisotopic (exact) mass is 226 g/mol. The summed E-state index contributed by atoms with van der Waals surface area (Å²) in [4.78, 5) is 12.0. The van der Waals surface area contributed by atoms with Crippen LogP contribution in [-0.2, 0) is 16.0 Å². The maximum absolute atomic E-state index is 12.0. The average molecular weight is 226 g/mol. The molecule has 1 aromatic carbocycles. The fourth-order valence-electron chi connectivity index (χ4n) is 3.48. The van der Waals surface area contributed by atoms with E-state index in [0.717, 1.165) is 30.6 Å². The van der Waals surface area contributed by atoms with Gasteiger partial charge in [0.05, 0.1) is 0 Å². The molecule has 1 heterocycles. The molecule has 0 N–H and O–H groups in total. The van der Waals surface area contributed by atoms with Crippen LogP contribution in [0, 0.1) is 5.92 Å². The minimum absolute atomic E-state index is 0.123. The molecule has 2 atom stereocenters. The summed E-state index contributed by atoms with van der Waals surface area (Å²) in [6, 6.07) is 8.43. The predicted molar refractivity (Wildman–Crippen MR) is 63.3 cm³/mol. The van der Waals surface area contributed by atoms with Crippen LogP contribution in [0.5, 0.6) is 0 Å². The Balaban J connectivity index is 1.79. The van der Waals surface area contributed by atoms with Gasteiger partial charge in [0.2, 0.25) is 0 Å². The largest absolute Gasteiger partial charge is 0.489 e. The van der Waals surface area contributed by atoms with Crippen LogP contribution in [0.25, 0.3) is 0 Å². The Morgan fingerprint density at radius 3 is 3.00 bits per heavy atom. The van der Waals surface area contributed by atoms with Crippen molar-refractivity contribution < 1.29 is 9.53 Å². The Morgan fingerprint density at radius 1 is 1.18 bits per heavy atom. The Hall–Kier alpha value is -1.57. The van der Waals surface area contributed by atoms with Crippen molar-refractivity contribution in [2.24, 2.45) is 5.92 Å². The van der Waals surface area contributed by atoms with Crippen molar-refractivity contribution in [3.8, 4) is 0 Å². The minimum Gasteiger partial charge on any atom is -0.489 e. The van der Waals surface area contributed by atoms with Crippen LogP contribution < -0.4 is 0 Å². The molecule has 0 bridgehead atoms. The highest BCUT2D eigenvalue weighted by atomic mass is 16.5. The number of carbonyl (C=O) groups is 1. The van der Waals surface area contributed by atoms with Gasteiger partial charge in [0.25, 0.3) is 0 Å². The van der Waals surface area contributed by atoms with Crippen LogP contribution in [0.4, 0.5) is 0 Å². The molecule has 3 aliphatic rings. The first-order valence-electron chi connectivity index (χ1n) is 6.35. The summed E-state index contributed by atoms with van der Waals surface area (Å²) in [6.45, 7) is 0. The molecule has 2 heteroatoms. The number of ether oxygens (including phenoxy) is 1. The topological polar surface area (TPSA) is 26.3 Å². The number of hydrogen-bond acceptors (Lipinski definition) is 2. The van der Waals surface area contributed by atoms with E-state index in [4.69, 9.17) is 4.74 Å². The quantitative estimate of drug-likeness (QED) is 0.680. The zero-order valence-electron chi connectivity index (χ0n) is 9.61. The third kappa shape index (κ3) is 1.18. The van der Waals surface area contributed by atoms with E-state index in [9.17, 15) is 4.79 Å². The van der Waals surface area contributed by atoms with E-state index in [-0.39, 0.29) is 6.10 Å². The predicted octanol–water partition coefficient (Wildman–Crippen LogP) is 2.94. The highest BCUT2D eigenvalue weighted by Gasteiger charge is 2.46. The van der Waals surface area contributed by atoms with E-state index in [1.54, 1.807) is 0 Å². The van der Waals surface area contributed by atoms with E-state index in [1.165, 1.54) is 11.1 Å². The molecular formula is C15H14O2. The van der Waals surface area contributed by atoms with Crippen LogP contribution in [-0.4, -0.2) is 5.78 Å². The minimum atomic E-state index is 0.123. The molecule has 4 rings (SSSR count). The number of ketones is 1. The third-order valence-corrected chi connectivity index (χ3v) is 4.22. The molecule has 0 unspecified atom stereocenters. The molecule has 2 nitrogen and oxygen atoms in total. The van der Waals surface area contributed by atoms with E-state index in [0.29, 0.717) is 18.1 Å². The van der Waals surface area contributed by atoms with Crippen LogP contribution >= 0.6 is 0 Å². The lowest BCUT2D eigenvalue weighted by molar-refractivity contribution is -0.116. The van der Waals surface area contributed by atoms with Crippen LogP contribution in [0.15, 0.2) is 35.6 Å². The molecule has 1 aromatic rings. The van der Waals surface area contributed by atoms with Crippen molar-refractivity contribution in [1.82, 2.24) is 0 Å². The molecule has 0 saturated heterocycles. The average Bonchev–Trinajstić information content (AvgIpc) is 2.85. The van der Waals surface area contributed by atoms with Gasteiger partial charge in [0.1, 0.15) is 11.9 Å². The van der Waals surface area contributed by atoms with Crippen molar-refractivity contribution in [3.05, 3.63) is 46.7 Å². The summed E-state index contributed by atoms with van der Waals surface area (Å²) in [5, 5.41) is 0. The molecule has 86 valence electrons. The van der Waals surface area contributed by atoms with Crippen LogP contribution in [0.1, 0.15) is 36.5 Å². The maximum Gasteiger partial charge on any atom is 0.162 e. The normalized spacial score (nSPS) is 29.8. The second kappa shape index (κ2) is 3.22. The summed E-state index contributed by atoms with van der Waals surface area (Å²) in [5.74, 6) is 1.62. The molecule has 0 amide bonds. The number of rotatable bonds is 0. The van der Waals surface area contributed by atoms with Gasteiger partial charge in [-0.2, -0.15) is 0 Å². The van der Waals surface area contributed by atoms with E-state index in [2.05, 4.69) is 24.3 Å². The van der Waals surface area contributed by atoms with Gasteiger partial charge in [-0.1, -0.05) is 24.3 Å². The number of allylic oxidation sites excluding steroid dienone is 1. The zero-order chi connectivity index (χ0) is 11.4. The van der Waals surface area contributed by atoms with Crippen molar-refractivity contribution in [2.45, 2.75) is 31.8 Å². The SMILES string of the molecule is O=C1CCCC2=C1[C@@H]1Cc3ccccc3[C@@H]1O2. The molecule has 17 heavy (non-hydrogen) atoms. The summed E-state index contributed by atoms with van der Waals surface area (Å²) in [7, 11) is 0. The van der Waals surface area contributed by atoms with Crippen molar-refractivity contribution in [3.63, 3.8) is 0 Å². The lowest BCUT2D eigenvalue weighted by Crippen LogP contribution is -2.15. The molecule has 0 spiro atoms. The molecule has 0 saturated carbocycles. The Bertz CT molecular complexity index is 542. The number of Topliss-reactive ketones (excluding diaryl/α,β-unsaturated/α-hetero) is 1. The lowest BCUT2D eigenvalue weighted by atomic mass is 9.86. The molecule has 0 fully saturated rings. The van der Waals surface area contributed by atoms with E-state index in [1.807, 2.05) is 0 Å². The molecule has 0 radical (unpaired) electrons. The highest BCUT2D eigenvalue weighted by molar-refractivity contribution is 5.98. The van der Waals surface area contributed by atoms with Crippen LogP contribution in [0.2, 0.25) is 0 Å². The van der Waals surface area contributed by atoms with Crippen LogP contribution in [0.3, 0.4) is 0 Å². The summed E-state index contributed by atoms with van der Waals surface area (Å²) < 4.78 is 6.04. The maximum atomic E-state index is 12.0. The molecule has 2 aliphatic carbocycles. The first-order chi connectivity index (χ1) is 8.34. The lowest BCUT2D eigenvalue weighted by Gasteiger charge is -2.14. The second-order valence-corrected chi connectivity index (χ2v) is 5.16. The summed E-state index contributed by atoms with van der Waals surface area (Å²) in [6.07, 6.45) is 3.72. The number of carbonyl (C=O) groups excluding carboxylic acids is 1. The first kappa shape index (κ1) is 9.46. The number of benzene rings is 1. The fraction of sp³-hybridized carbons (Fsp3) is 0.400. The van der Waals surface area contributed by atoms with Crippen molar-refractivity contribution in [2.75, 3.05) is 0 Å². The van der Waals surface area contributed by atoms with Gasteiger partial charge >= 0.3 is 0 Å². The van der Waals surface area contributed by atoms with E-state index < -0.39 is 0 Å². The molecule has 1 aliphatic heterocycles. The summed E-state index contributed by atoms with van der Waals surface area (Å²) >= 11 is 0. The molecular weight excluding hydrogens is 212 g/mol. The number of fused-ring (bicyclic) bond motifs is 4. The Kier molecular flexibility index (Phi) is 1.79. The van der Waals surface area contributed by atoms with Gasteiger partial charge in [-0.3, -0.25) is 4.79 Å². The van der Waals surface area contributed by atoms with Gasteiger partial charge in [0, 0.05) is 24.3 Å². The standard InChI is InChI=1S/C15H14O2/c16-12-6-3-7-13-14(12)11-8-9-4-1-2-5-10(9)15(11)17-13/h1-2,4-5,11,15H,3,6-8H2/t11-,15-/m0/s1. The molecule has 0 aromatic heterocycles. The Labute approximate surface area is 100 Å². The fourth-order valence-corrected chi connectivity index (χ4v) is 3.48. The zero-order valence-corrected chi connectivity index (χ0v) is 9.61. The van der Waals surface area contributed by atoms with Crippen molar-refractivity contribution in [1.29, 1.82) is 0 Å². The van der Waals surface area contributed by atoms with Gasteiger partial charge in [-0.15, -0.1) is 0 Å². The third-order valence-electron chi connectivity index (χ3n) is 4.22. The summed E-state index contributed by atoms with van der Waals surface area (Å²) in [5.41, 5.74) is 3.66. The van der Waals surface area contributed by atoms with Gasteiger partial charge in [0.15, 0.2) is 5.78 Å². The second-order valence-electron chi connectivity index (χ2n) is 5.16. The van der Waals surface area contributed by atoms with Gasteiger partial charge < -0.3 is 4.74 Å². The van der Waals surface area contributed by atoms with E-state index >= 15 is 0 Å². The van der Waals surface area contributed by atoms with Gasteiger partial charge in [-0.05, 0) is 24.0 Å². The smallest absolute Gasteiger partial charge is 0.162 e. The first-order valence-corrected chi connectivity index (χ1v) is 6.35. The van der Waals surface area contributed by atoms with Crippen molar-refractivity contribution >= 4 is 5.78 Å². The number of hydrogen-bond donors (Lipinski definition) is 0. The Morgan fingerprint density at radius 2 is 2.06 bits per heavy atom. The van der Waals surface area contributed by atoms with Gasteiger partial charge in [-0.25, -0.2) is 0 Å².